The fourth-order valence-electron chi connectivity index (χ4n) is 1.91. The van der Waals surface area contributed by atoms with Gasteiger partial charge in [-0.15, -0.1) is 11.8 Å². The van der Waals surface area contributed by atoms with Crippen molar-refractivity contribution in [3.8, 4) is 0 Å². The van der Waals surface area contributed by atoms with Crippen molar-refractivity contribution in [2.45, 2.75) is 24.0 Å². The Morgan fingerprint density at radius 2 is 2.06 bits per heavy atom. The molecule has 3 rings (SSSR count). The second-order valence-corrected chi connectivity index (χ2v) is 7.91. The number of hydrogen-bond donors (Lipinski definition) is 1. The molecule has 1 saturated heterocycles. The largest absolute Gasteiger partial charge is 0.383 e. The SMILES string of the molecule is Nc1nc(C2CSCCS2)nc(C2CC2)c1I. The topological polar surface area (TPSA) is 51.8 Å². The first kappa shape index (κ1) is 12.3. The van der Waals surface area contributed by atoms with Gasteiger partial charge in [-0.25, -0.2) is 9.97 Å². The Morgan fingerprint density at radius 3 is 2.71 bits per heavy atom. The molecule has 2 N–H and O–H groups in total. The molecule has 1 unspecified atom stereocenters. The maximum Gasteiger partial charge on any atom is 0.144 e. The molecular weight excluding hydrogens is 365 g/mol. The van der Waals surface area contributed by atoms with Gasteiger partial charge in [0.25, 0.3) is 0 Å². The van der Waals surface area contributed by atoms with Gasteiger partial charge < -0.3 is 5.73 Å². The number of hydrogen-bond acceptors (Lipinski definition) is 5. The van der Waals surface area contributed by atoms with Gasteiger partial charge in [-0.2, -0.15) is 11.8 Å². The van der Waals surface area contributed by atoms with Gasteiger partial charge in [0.05, 0.1) is 14.5 Å². The van der Waals surface area contributed by atoms with E-state index in [0.717, 1.165) is 15.1 Å². The minimum atomic E-state index is 0.436. The first-order chi connectivity index (χ1) is 8.25. The van der Waals surface area contributed by atoms with Crippen molar-refractivity contribution in [3.05, 3.63) is 15.1 Å². The van der Waals surface area contributed by atoms with Gasteiger partial charge >= 0.3 is 0 Å². The fraction of sp³-hybridized carbons (Fsp3) is 0.636. The van der Waals surface area contributed by atoms with Crippen molar-refractivity contribution < 1.29 is 0 Å². The van der Waals surface area contributed by atoms with E-state index in [1.54, 1.807) is 0 Å². The lowest BCUT2D eigenvalue weighted by atomic mass is 10.2. The van der Waals surface area contributed by atoms with Crippen LogP contribution in [-0.2, 0) is 0 Å². The van der Waals surface area contributed by atoms with E-state index in [-0.39, 0.29) is 0 Å². The van der Waals surface area contributed by atoms with Gasteiger partial charge in [-0.05, 0) is 35.4 Å². The molecule has 92 valence electrons. The van der Waals surface area contributed by atoms with Crippen LogP contribution in [0.4, 0.5) is 5.82 Å². The molecule has 1 aliphatic carbocycles. The summed E-state index contributed by atoms with van der Waals surface area (Å²) in [5, 5.41) is 0.436. The van der Waals surface area contributed by atoms with Crippen LogP contribution in [0.3, 0.4) is 0 Å². The van der Waals surface area contributed by atoms with Crippen LogP contribution in [-0.4, -0.2) is 27.2 Å². The third kappa shape index (κ3) is 2.68. The maximum absolute atomic E-state index is 6.02. The van der Waals surface area contributed by atoms with Crippen molar-refractivity contribution in [2.24, 2.45) is 0 Å². The van der Waals surface area contributed by atoms with Crippen molar-refractivity contribution in [3.63, 3.8) is 0 Å². The normalized spacial score (nSPS) is 24.9. The Morgan fingerprint density at radius 1 is 1.24 bits per heavy atom. The summed E-state index contributed by atoms with van der Waals surface area (Å²) in [6.45, 7) is 0. The van der Waals surface area contributed by atoms with Gasteiger partial charge in [0.15, 0.2) is 0 Å². The fourth-order valence-corrected chi connectivity index (χ4v) is 5.19. The van der Waals surface area contributed by atoms with Crippen LogP contribution in [0.1, 0.15) is 35.5 Å². The zero-order valence-electron chi connectivity index (χ0n) is 9.36. The van der Waals surface area contributed by atoms with Gasteiger partial charge in [0.1, 0.15) is 11.6 Å². The predicted molar refractivity (Wildman–Crippen MR) is 83.7 cm³/mol. The van der Waals surface area contributed by atoms with Crippen LogP contribution in [0.25, 0.3) is 0 Å². The zero-order valence-corrected chi connectivity index (χ0v) is 13.1. The molecule has 2 aliphatic rings. The molecule has 1 saturated carbocycles. The van der Waals surface area contributed by atoms with Gasteiger partial charge in [-0.1, -0.05) is 0 Å². The van der Waals surface area contributed by atoms with Crippen LogP contribution in [0, 0.1) is 3.57 Å². The molecule has 0 bridgehead atoms. The molecule has 1 aliphatic heterocycles. The summed E-state index contributed by atoms with van der Waals surface area (Å²) in [7, 11) is 0. The Kier molecular flexibility index (Phi) is 3.72. The molecule has 0 radical (unpaired) electrons. The highest BCUT2D eigenvalue weighted by Gasteiger charge is 2.30. The number of rotatable bonds is 2. The maximum atomic E-state index is 6.02. The van der Waals surface area contributed by atoms with Gasteiger partial charge in [0, 0.05) is 23.2 Å². The van der Waals surface area contributed by atoms with Gasteiger partial charge in [0.2, 0.25) is 0 Å². The molecule has 0 aromatic carbocycles. The summed E-state index contributed by atoms with van der Waals surface area (Å²) in [4.78, 5) is 9.28. The second kappa shape index (κ2) is 5.13. The molecular formula is C11H14IN3S2. The molecule has 17 heavy (non-hydrogen) atoms. The number of nitrogens with zero attached hydrogens (tertiary/aromatic N) is 2. The molecule has 3 nitrogen and oxygen atoms in total. The molecule has 2 fully saturated rings. The lowest BCUT2D eigenvalue weighted by Gasteiger charge is -2.20. The first-order valence-corrected chi connectivity index (χ1v) is 9.06. The van der Waals surface area contributed by atoms with Crippen molar-refractivity contribution in [2.75, 3.05) is 23.0 Å². The van der Waals surface area contributed by atoms with Crippen molar-refractivity contribution >= 4 is 51.9 Å². The summed E-state index contributed by atoms with van der Waals surface area (Å²) in [5.74, 6) is 5.84. The third-order valence-corrected chi connectivity index (χ3v) is 6.84. The minimum Gasteiger partial charge on any atom is -0.383 e. The molecule has 1 aromatic heterocycles. The average molecular weight is 379 g/mol. The molecule has 2 heterocycles. The van der Waals surface area contributed by atoms with Crippen LogP contribution < -0.4 is 5.73 Å². The summed E-state index contributed by atoms with van der Waals surface area (Å²) in [5.41, 5.74) is 7.22. The Labute approximate surface area is 123 Å². The summed E-state index contributed by atoms with van der Waals surface area (Å²) in [6.07, 6.45) is 2.52. The molecule has 0 spiro atoms. The number of anilines is 1. The van der Waals surface area contributed by atoms with Crippen molar-refractivity contribution in [1.82, 2.24) is 9.97 Å². The lowest BCUT2D eigenvalue weighted by Crippen LogP contribution is -2.14. The van der Waals surface area contributed by atoms with E-state index in [9.17, 15) is 0 Å². The van der Waals surface area contributed by atoms with Crippen LogP contribution >= 0.6 is 46.1 Å². The smallest absolute Gasteiger partial charge is 0.144 e. The van der Waals surface area contributed by atoms with Crippen molar-refractivity contribution in [1.29, 1.82) is 0 Å². The highest BCUT2D eigenvalue weighted by Crippen LogP contribution is 2.43. The van der Waals surface area contributed by atoms with Crippen LogP contribution in [0.15, 0.2) is 0 Å². The number of nitrogen functional groups attached to an aromatic ring is 1. The quantitative estimate of drug-likeness (QED) is 0.801. The highest BCUT2D eigenvalue weighted by molar-refractivity contribution is 14.1. The molecule has 0 amide bonds. The number of aromatic nitrogens is 2. The summed E-state index contributed by atoms with van der Waals surface area (Å²) in [6, 6.07) is 0. The van der Waals surface area contributed by atoms with Gasteiger partial charge in [-0.3, -0.25) is 0 Å². The molecule has 1 atom stereocenters. The zero-order chi connectivity index (χ0) is 11.8. The lowest BCUT2D eigenvalue weighted by molar-refractivity contribution is 0.869. The Bertz CT molecular complexity index is 431. The number of nitrogens with two attached hydrogens (primary N) is 1. The second-order valence-electron chi connectivity index (χ2n) is 4.37. The predicted octanol–water partition coefficient (Wildman–Crippen LogP) is 3.06. The average Bonchev–Trinajstić information content (AvgIpc) is 3.18. The first-order valence-electron chi connectivity index (χ1n) is 5.78. The van der Waals surface area contributed by atoms with E-state index >= 15 is 0 Å². The van der Waals surface area contributed by atoms with Crippen LogP contribution in [0.2, 0.25) is 0 Å². The summed E-state index contributed by atoms with van der Waals surface area (Å²) < 4.78 is 1.07. The van der Waals surface area contributed by atoms with E-state index in [1.165, 1.54) is 30.0 Å². The van der Waals surface area contributed by atoms with E-state index in [2.05, 4.69) is 27.6 Å². The number of thioether (sulfide) groups is 2. The third-order valence-electron chi connectivity index (χ3n) is 2.99. The minimum absolute atomic E-state index is 0.436. The Hall–Kier alpha value is 0.310. The Balaban J connectivity index is 1.93. The monoisotopic (exact) mass is 379 g/mol. The van der Waals surface area contributed by atoms with E-state index in [4.69, 9.17) is 10.7 Å². The standard InChI is InChI=1S/C11H14IN3S2/c12-8-9(6-1-2-6)14-11(15-10(8)13)7-5-16-3-4-17-7/h6-7H,1-5H2,(H2,13,14,15). The summed E-state index contributed by atoms with van der Waals surface area (Å²) >= 11 is 6.25. The highest BCUT2D eigenvalue weighted by atomic mass is 127. The molecule has 1 aromatic rings. The van der Waals surface area contributed by atoms with E-state index in [1.807, 2.05) is 23.5 Å². The van der Waals surface area contributed by atoms with Crippen LogP contribution in [0.5, 0.6) is 0 Å². The van der Waals surface area contributed by atoms with E-state index in [0.29, 0.717) is 17.0 Å². The number of halogens is 1. The molecule has 6 heteroatoms. The van der Waals surface area contributed by atoms with E-state index < -0.39 is 0 Å².